The minimum absolute atomic E-state index is 0.349. The van der Waals surface area contributed by atoms with Crippen LogP contribution in [0.3, 0.4) is 0 Å². The summed E-state index contributed by atoms with van der Waals surface area (Å²) in [6, 6.07) is 10.4. The monoisotopic (exact) mass is 343 g/mol. The molecular formula is C20H25NO2S. The lowest BCUT2D eigenvalue weighted by molar-refractivity contribution is 0.302. The molecule has 0 fully saturated rings. The van der Waals surface area contributed by atoms with Gasteiger partial charge in [0.05, 0.1) is 7.11 Å². The maximum absolute atomic E-state index is 6.16. The van der Waals surface area contributed by atoms with Crippen molar-refractivity contribution in [3.05, 3.63) is 58.1 Å². The largest absolute Gasteiger partial charge is 0.489 e. The van der Waals surface area contributed by atoms with Gasteiger partial charge in [0.1, 0.15) is 12.4 Å². The molecule has 0 bridgehead atoms. The molecule has 128 valence electrons. The first kappa shape index (κ1) is 18.3. The second-order valence-electron chi connectivity index (χ2n) is 5.90. The maximum atomic E-state index is 6.16. The fraction of sp³-hybridized carbons (Fsp3) is 0.350. The molecule has 0 heterocycles. The van der Waals surface area contributed by atoms with E-state index < -0.39 is 0 Å². The molecule has 0 aliphatic carbocycles. The summed E-state index contributed by atoms with van der Waals surface area (Å²) in [5.41, 5.74) is 6.92. The zero-order valence-corrected chi connectivity index (χ0v) is 15.8. The number of aryl methyl sites for hydroxylation is 4. The van der Waals surface area contributed by atoms with E-state index in [1.54, 1.807) is 7.11 Å². The van der Waals surface area contributed by atoms with E-state index in [1.807, 2.05) is 12.1 Å². The van der Waals surface area contributed by atoms with Crippen LogP contribution in [0.1, 0.15) is 34.7 Å². The number of benzene rings is 2. The smallest absolute Gasteiger partial charge is 0.260 e. The average molecular weight is 343 g/mol. The number of hydrogen-bond acceptors (Lipinski definition) is 3. The lowest BCUT2D eigenvalue weighted by Gasteiger charge is -2.17. The summed E-state index contributed by atoms with van der Waals surface area (Å²) >= 11 is 5.11. The Morgan fingerprint density at radius 3 is 2.46 bits per heavy atom. The van der Waals surface area contributed by atoms with Gasteiger partial charge in [-0.1, -0.05) is 25.1 Å². The SMILES string of the molecule is CCc1cc(C)c(C)cc1OCc1c(C)cccc1NC(=S)OC. The quantitative estimate of drug-likeness (QED) is 0.766. The van der Waals surface area contributed by atoms with Crippen molar-refractivity contribution < 1.29 is 9.47 Å². The number of rotatable bonds is 5. The molecular weight excluding hydrogens is 318 g/mol. The summed E-state index contributed by atoms with van der Waals surface area (Å²) in [6.07, 6.45) is 0.948. The Balaban J connectivity index is 2.26. The molecule has 1 N–H and O–H groups in total. The van der Waals surface area contributed by atoms with E-state index >= 15 is 0 Å². The predicted octanol–water partition coefficient (Wildman–Crippen LogP) is 5.10. The summed E-state index contributed by atoms with van der Waals surface area (Å²) in [5, 5.41) is 3.46. The van der Waals surface area contributed by atoms with Crippen molar-refractivity contribution in [3.63, 3.8) is 0 Å². The van der Waals surface area contributed by atoms with Crippen molar-refractivity contribution in [2.24, 2.45) is 0 Å². The number of ether oxygens (including phenoxy) is 2. The zero-order valence-electron chi connectivity index (χ0n) is 15.0. The highest BCUT2D eigenvalue weighted by atomic mass is 32.1. The molecule has 0 aromatic heterocycles. The van der Waals surface area contributed by atoms with Crippen molar-refractivity contribution in [1.82, 2.24) is 0 Å². The predicted molar refractivity (Wildman–Crippen MR) is 104 cm³/mol. The number of hydrogen-bond donors (Lipinski definition) is 1. The summed E-state index contributed by atoms with van der Waals surface area (Å²) < 4.78 is 11.2. The number of nitrogens with one attached hydrogen (secondary N) is 1. The van der Waals surface area contributed by atoms with Crippen molar-refractivity contribution in [2.45, 2.75) is 40.7 Å². The molecule has 0 amide bonds. The highest BCUT2D eigenvalue weighted by molar-refractivity contribution is 7.80. The Labute approximate surface area is 150 Å². The lowest BCUT2D eigenvalue weighted by atomic mass is 10.0. The molecule has 0 aliphatic heterocycles. The highest BCUT2D eigenvalue weighted by Gasteiger charge is 2.11. The standard InChI is InChI=1S/C20H25NO2S/c1-6-16-10-14(3)15(4)11-19(16)23-12-17-13(2)8-7-9-18(17)21-20(24)22-5/h7-11H,6,12H2,1-5H3,(H,21,24). The third-order valence-electron chi connectivity index (χ3n) is 4.26. The summed E-state index contributed by atoms with van der Waals surface area (Å²) in [5.74, 6) is 0.948. The molecule has 0 radical (unpaired) electrons. The van der Waals surface area contributed by atoms with E-state index in [0.717, 1.165) is 29.0 Å². The first-order valence-electron chi connectivity index (χ1n) is 8.12. The van der Waals surface area contributed by atoms with Gasteiger partial charge in [-0.05, 0) is 73.8 Å². The Kier molecular flexibility index (Phi) is 6.21. The van der Waals surface area contributed by atoms with Crippen molar-refractivity contribution in [3.8, 4) is 5.75 Å². The van der Waals surface area contributed by atoms with Crippen LogP contribution in [0.5, 0.6) is 5.75 Å². The van der Waals surface area contributed by atoms with Gasteiger partial charge in [0, 0.05) is 11.3 Å². The third kappa shape index (κ3) is 4.26. The van der Waals surface area contributed by atoms with Crippen LogP contribution in [-0.4, -0.2) is 12.3 Å². The van der Waals surface area contributed by atoms with Gasteiger partial charge in [0.2, 0.25) is 0 Å². The molecule has 3 nitrogen and oxygen atoms in total. The van der Waals surface area contributed by atoms with Crippen molar-refractivity contribution >= 4 is 23.1 Å². The van der Waals surface area contributed by atoms with Crippen LogP contribution in [0.4, 0.5) is 5.69 Å². The fourth-order valence-electron chi connectivity index (χ4n) is 2.58. The second kappa shape index (κ2) is 8.15. The average Bonchev–Trinajstić information content (AvgIpc) is 2.56. The van der Waals surface area contributed by atoms with Gasteiger partial charge in [-0.15, -0.1) is 0 Å². The molecule has 0 saturated heterocycles. The Hall–Kier alpha value is -2.07. The molecule has 0 atom stereocenters. The molecule has 24 heavy (non-hydrogen) atoms. The summed E-state index contributed by atoms with van der Waals surface area (Å²) in [4.78, 5) is 0. The van der Waals surface area contributed by atoms with Crippen LogP contribution < -0.4 is 10.1 Å². The third-order valence-corrected chi connectivity index (χ3v) is 4.53. The summed E-state index contributed by atoms with van der Waals surface area (Å²) in [7, 11) is 1.56. The molecule has 0 aliphatic rings. The van der Waals surface area contributed by atoms with Gasteiger partial charge in [-0.2, -0.15) is 0 Å². The minimum atomic E-state index is 0.349. The van der Waals surface area contributed by atoms with Gasteiger partial charge < -0.3 is 14.8 Å². The van der Waals surface area contributed by atoms with E-state index in [9.17, 15) is 0 Å². The molecule has 0 spiro atoms. The van der Waals surface area contributed by atoms with Crippen LogP contribution in [0.15, 0.2) is 30.3 Å². The first-order valence-corrected chi connectivity index (χ1v) is 8.53. The van der Waals surface area contributed by atoms with Gasteiger partial charge in [-0.25, -0.2) is 0 Å². The zero-order chi connectivity index (χ0) is 17.7. The van der Waals surface area contributed by atoms with E-state index in [-0.39, 0.29) is 0 Å². The number of methoxy groups -OCH3 is 1. The van der Waals surface area contributed by atoms with E-state index in [1.165, 1.54) is 16.7 Å². The van der Waals surface area contributed by atoms with E-state index in [4.69, 9.17) is 21.7 Å². The molecule has 2 rings (SSSR count). The number of anilines is 1. The normalized spacial score (nSPS) is 10.4. The van der Waals surface area contributed by atoms with Crippen LogP contribution in [0.2, 0.25) is 0 Å². The Morgan fingerprint density at radius 1 is 1.08 bits per heavy atom. The highest BCUT2D eigenvalue weighted by Crippen LogP contribution is 2.27. The van der Waals surface area contributed by atoms with Gasteiger partial charge >= 0.3 is 0 Å². The molecule has 2 aromatic carbocycles. The Bertz CT molecular complexity index is 741. The second-order valence-corrected chi connectivity index (χ2v) is 6.27. The van der Waals surface area contributed by atoms with Crippen molar-refractivity contribution in [1.29, 1.82) is 0 Å². The van der Waals surface area contributed by atoms with Crippen LogP contribution in [-0.2, 0) is 17.8 Å². The van der Waals surface area contributed by atoms with Gasteiger partial charge in [-0.3, -0.25) is 0 Å². The number of thiocarbonyl (C=S) groups is 1. The van der Waals surface area contributed by atoms with Crippen LogP contribution >= 0.6 is 12.2 Å². The first-order chi connectivity index (χ1) is 11.5. The minimum Gasteiger partial charge on any atom is -0.489 e. The van der Waals surface area contributed by atoms with Gasteiger partial charge in [0.25, 0.3) is 5.17 Å². The van der Waals surface area contributed by atoms with Crippen molar-refractivity contribution in [2.75, 3.05) is 12.4 Å². The maximum Gasteiger partial charge on any atom is 0.260 e. The van der Waals surface area contributed by atoms with Crippen LogP contribution in [0, 0.1) is 20.8 Å². The lowest BCUT2D eigenvalue weighted by Crippen LogP contribution is -2.13. The molecule has 0 unspecified atom stereocenters. The van der Waals surface area contributed by atoms with E-state index in [2.05, 4.69) is 51.2 Å². The van der Waals surface area contributed by atoms with Crippen LogP contribution in [0.25, 0.3) is 0 Å². The topological polar surface area (TPSA) is 30.5 Å². The molecule has 0 saturated carbocycles. The van der Waals surface area contributed by atoms with E-state index in [0.29, 0.717) is 11.8 Å². The van der Waals surface area contributed by atoms with Gasteiger partial charge in [0.15, 0.2) is 0 Å². The fourth-order valence-corrected chi connectivity index (χ4v) is 2.69. The summed E-state index contributed by atoms with van der Waals surface area (Å²) in [6.45, 7) is 8.94. The molecule has 2 aromatic rings. The molecule has 4 heteroatoms. The Morgan fingerprint density at radius 2 is 1.79 bits per heavy atom.